The molecule has 1 atom stereocenters. The molecule has 31 heavy (non-hydrogen) atoms. The van der Waals surface area contributed by atoms with E-state index in [0.717, 1.165) is 49.8 Å². The maximum absolute atomic E-state index is 12.7. The molecule has 172 valence electrons. The second-order valence-electron chi connectivity index (χ2n) is 7.18. The predicted octanol–water partition coefficient (Wildman–Crippen LogP) is 3.73. The molecule has 10 heteroatoms. The van der Waals surface area contributed by atoms with Gasteiger partial charge in [0.05, 0.1) is 18.4 Å². The highest BCUT2D eigenvalue weighted by molar-refractivity contribution is 14.0. The molecule has 0 saturated carbocycles. The van der Waals surface area contributed by atoms with Gasteiger partial charge in [0.2, 0.25) is 0 Å². The van der Waals surface area contributed by atoms with Gasteiger partial charge in [0.1, 0.15) is 11.9 Å². The van der Waals surface area contributed by atoms with Gasteiger partial charge in [-0.2, -0.15) is 13.2 Å². The largest absolute Gasteiger partial charge is 0.467 e. The maximum atomic E-state index is 12.7. The monoisotopic (exact) mass is 552 g/mol. The molecule has 1 aromatic carbocycles. The molecule has 1 unspecified atom stereocenters. The van der Waals surface area contributed by atoms with E-state index in [2.05, 4.69) is 20.1 Å². The first-order chi connectivity index (χ1) is 14.4. The number of rotatable bonds is 6. The third-order valence-corrected chi connectivity index (χ3v) is 4.98. The van der Waals surface area contributed by atoms with Crippen LogP contribution < -0.4 is 5.32 Å². The minimum atomic E-state index is -4.31. The molecule has 0 aliphatic carbocycles. The van der Waals surface area contributed by atoms with E-state index in [1.807, 2.05) is 6.92 Å². The lowest BCUT2D eigenvalue weighted by Crippen LogP contribution is -2.52. The summed E-state index contributed by atoms with van der Waals surface area (Å²) >= 11 is 0. The van der Waals surface area contributed by atoms with E-state index in [1.54, 1.807) is 12.1 Å². The average Bonchev–Trinajstić information content (AvgIpc) is 3.26. The summed E-state index contributed by atoms with van der Waals surface area (Å²) in [6, 6.07) is 8.78. The van der Waals surface area contributed by atoms with Gasteiger partial charge in [-0.3, -0.25) is 4.90 Å². The summed E-state index contributed by atoms with van der Waals surface area (Å²) in [5, 5.41) is 13.4. The van der Waals surface area contributed by atoms with Gasteiger partial charge in [-0.05, 0) is 36.8 Å². The van der Waals surface area contributed by atoms with Crippen LogP contribution in [0, 0.1) is 0 Å². The quantitative estimate of drug-likeness (QED) is 0.325. The minimum Gasteiger partial charge on any atom is -0.467 e. The first-order valence-electron chi connectivity index (χ1n) is 10.00. The van der Waals surface area contributed by atoms with Crippen LogP contribution >= 0.6 is 24.0 Å². The molecule has 6 nitrogen and oxygen atoms in total. The van der Waals surface area contributed by atoms with Gasteiger partial charge in [-0.1, -0.05) is 12.1 Å². The third kappa shape index (κ3) is 7.39. The number of guanidine groups is 1. The zero-order chi connectivity index (χ0) is 21.6. The van der Waals surface area contributed by atoms with Crippen LogP contribution in [0.2, 0.25) is 0 Å². The molecule has 1 aliphatic rings. The number of aliphatic hydroxyl groups excluding tert-OH is 1. The molecular weight excluding hydrogens is 524 g/mol. The summed E-state index contributed by atoms with van der Waals surface area (Å²) < 4.78 is 43.3. The summed E-state index contributed by atoms with van der Waals surface area (Å²) in [6.45, 7) is 6.52. The number of piperazine rings is 1. The smallest absolute Gasteiger partial charge is 0.416 e. The lowest BCUT2D eigenvalue weighted by Gasteiger charge is -2.36. The maximum Gasteiger partial charge on any atom is 0.416 e. The number of alkyl halides is 3. The second-order valence-corrected chi connectivity index (χ2v) is 7.18. The fourth-order valence-electron chi connectivity index (χ4n) is 3.34. The number of hydrogen-bond donors (Lipinski definition) is 2. The van der Waals surface area contributed by atoms with Crippen LogP contribution in [0.5, 0.6) is 0 Å². The van der Waals surface area contributed by atoms with Crippen molar-refractivity contribution in [2.75, 3.05) is 39.3 Å². The first-order valence-corrected chi connectivity index (χ1v) is 10.00. The van der Waals surface area contributed by atoms with Gasteiger partial charge in [0, 0.05) is 39.3 Å². The van der Waals surface area contributed by atoms with Crippen molar-refractivity contribution in [3.05, 3.63) is 59.5 Å². The van der Waals surface area contributed by atoms with Gasteiger partial charge in [0.25, 0.3) is 0 Å². The summed E-state index contributed by atoms with van der Waals surface area (Å²) in [4.78, 5) is 8.87. The number of furan rings is 1. The molecule has 1 aromatic heterocycles. The van der Waals surface area contributed by atoms with E-state index in [9.17, 15) is 18.3 Å². The van der Waals surface area contributed by atoms with Gasteiger partial charge in [-0.25, -0.2) is 4.99 Å². The zero-order valence-electron chi connectivity index (χ0n) is 17.3. The van der Waals surface area contributed by atoms with Crippen LogP contribution in [0.25, 0.3) is 0 Å². The number of halogens is 4. The van der Waals surface area contributed by atoms with Gasteiger partial charge in [-0.15, -0.1) is 24.0 Å². The fourth-order valence-corrected chi connectivity index (χ4v) is 3.34. The molecular formula is C21H28F3IN4O2. The molecule has 0 amide bonds. The van der Waals surface area contributed by atoms with Gasteiger partial charge < -0.3 is 19.7 Å². The predicted molar refractivity (Wildman–Crippen MR) is 123 cm³/mol. The van der Waals surface area contributed by atoms with E-state index in [1.165, 1.54) is 18.4 Å². The molecule has 0 radical (unpaired) electrons. The van der Waals surface area contributed by atoms with Gasteiger partial charge in [0.15, 0.2) is 5.96 Å². The minimum absolute atomic E-state index is 0. The molecule has 1 saturated heterocycles. The Morgan fingerprint density at radius 2 is 1.84 bits per heavy atom. The van der Waals surface area contributed by atoms with Crippen molar-refractivity contribution in [1.29, 1.82) is 0 Å². The van der Waals surface area contributed by atoms with E-state index >= 15 is 0 Å². The number of benzene rings is 1. The topological polar surface area (TPSA) is 64.2 Å². The van der Waals surface area contributed by atoms with E-state index in [-0.39, 0.29) is 30.5 Å². The van der Waals surface area contributed by atoms with Crippen molar-refractivity contribution in [3.8, 4) is 0 Å². The Bertz CT molecular complexity index is 805. The van der Waals surface area contributed by atoms with Crippen LogP contribution in [0.3, 0.4) is 0 Å². The number of nitrogens with zero attached hydrogens (tertiary/aromatic N) is 3. The lowest BCUT2D eigenvalue weighted by molar-refractivity contribution is -0.137. The van der Waals surface area contributed by atoms with E-state index < -0.39 is 17.8 Å². The van der Waals surface area contributed by atoms with Crippen molar-refractivity contribution in [2.24, 2.45) is 4.99 Å². The van der Waals surface area contributed by atoms with Crippen LogP contribution in [0.15, 0.2) is 52.1 Å². The Hall–Kier alpha value is -1.79. The highest BCUT2D eigenvalue weighted by Crippen LogP contribution is 2.29. The van der Waals surface area contributed by atoms with Crippen LogP contribution in [-0.4, -0.2) is 60.1 Å². The van der Waals surface area contributed by atoms with E-state index in [4.69, 9.17) is 4.42 Å². The number of aliphatic hydroxyl groups is 1. The standard InChI is InChI=1S/C21H27F3N4O2.HI/c1-2-25-20(26-14-18(29)19-4-3-13-30-19)28-11-9-27(10-12-28)15-16-5-7-17(8-6-16)21(22,23)24;/h3-8,13,18,29H,2,9-12,14-15H2,1H3,(H,25,26);1H. The Kier molecular flexibility index (Phi) is 9.63. The van der Waals surface area contributed by atoms with Crippen molar-refractivity contribution >= 4 is 29.9 Å². The molecule has 0 spiro atoms. The molecule has 1 fully saturated rings. The summed E-state index contributed by atoms with van der Waals surface area (Å²) in [5.74, 6) is 1.22. The highest BCUT2D eigenvalue weighted by atomic mass is 127. The summed E-state index contributed by atoms with van der Waals surface area (Å²) in [7, 11) is 0. The van der Waals surface area contributed by atoms with Crippen molar-refractivity contribution < 1.29 is 22.7 Å². The van der Waals surface area contributed by atoms with Crippen LogP contribution in [0.1, 0.15) is 29.9 Å². The highest BCUT2D eigenvalue weighted by Gasteiger charge is 2.30. The fraction of sp³-hybridized carbons (Fsp3) is 0.476. The summed E-state index contributed by atoms with van der Waals surface area (Å²) in [5.41, 5.74) is 0.234. The first kappa shape index (κ1) is 25.5. The number of nitrogens with one attached hydrogen (secondary N) is 1. The van der Waals surface area contributed by atoms with Crippen LogP contribution in [-0.2, 0) is 12.7 Å². The van der Waals surface area contributed by atoms with Crippen molar-refractivity contribution in [3.63, 3.8) is 0 Å². The Balaban J connectivity index is 0.00000341. The number of hydrogen-bond acceptors (Lipinski definition) is 4. The second kappa shape index (κ2) is 11.7. The molecule has 3 rings (SSSR count). The molecule has 1 aliphatic heterocycles. The van der Waals surface area contributed by atoms with Crippen LogP contribution in [0.4, 0.5) is 13.2 Å². The summed E-state index contributed by atoms with van der Waals surface area (Å²) in [6.07, 6.45) is -3.59. The number of aliphatic imine (C=N–C) groups is 1. The van der Waals surface area contributed by atoms with Crippen molar-refractivity contribution in [2.45, 2.75) is 25.7 Å². The Labute approximate surface area is 197 Å². The molecule has 0 bridgehead atoms. The van der Waals surface area contributed by atoms with E-state index in [0.29, 0.717) is 18.8 Å². The van der Waals surface area contributed by atoms with Gasteiger partial charge >= 0.3 is 6.18 Å². The Morgan fingerprint density at radius 1 is 1.16 bits per heavy atom. The molecule has 2 heterocycles. The zero-order valence-corrected chi connectivity index (χ0v) is 19.6. The normalized spacial score (nSPS) is 16.7. The average molecular weight is 552 g/mol. The molecule has 2 aromatic rings. The lowest BCUT2D eigenvalue weighted by atomic mass is 10.1. The van der Waals surface area contributed by atoms with Crippen molar-refractivity contribution in [1.82, 2.24) is 15.1 Å². The molecule has 2 N–H and O–H groups in total. The Morgan fingerprint density at radius 3 is 2.39 bits per heavy atom. The SMILES string of the molecule is CCNC(=NCC(O)c1ccco1)N1CCN(Cc2ccc(C(F)(F)F)cc2)CC1.I. The third-order valence-electron chi connectivity index (χ3n) is 4.98.